The van der Waals surface area contributed by atoms with Gasteiger partial charge in [-0.05, 0) is 42.5 Å². The van der Waals surface area contributed by atoms with E-state index in [4.69, 9.17) is 11.6 Å². The van der Waals surface area contributed by atoms with Gasteiger partial charge < -0.3 is 15.4 Å². The summed E-state index contributed by atoms with van der Waals surface area (Å²) in [7, 11) is 0. The molecular formula is C18H13ClF4N2O4. The summed E-state index contributed by atoms with van der Waals surface area (Å²) in [5.41, 5.74) is -0.889. The van der Waals surface area contributed by atoms with Gasteiger partial charge in [0.25, 0.3) is 11.8 Å². The maximum atomic E-state index is 12.9. The summed E-state index contributed by atoms with van der Waals surface area (Å²) >= 11 is 5.74. The van der Waals surface area contributed by atoms with Crippen molar-refractivity contribution in [1.29, 1.82) is 0 Å². The molecule has 0 aromatic heterocycles. The Labute approximate surface area is 166 Å². The molecule has 0 aliphatic heterocycles. The van der Waals surface area contributed by atoms with Gasteiger partial charge in [-0.1, -0.05) is 11.6 Å². The number of esters is 1. The zero-order chi connectivity index (χ0) is 21.6. The molecule has 0 aliphatic rings. The molecule has 0 saturated carbocycles. The minimum atomic E-state index is -4.53. The van der Waals surface area contributed by atoms with Crippen molar-refractivity contribution in [3.63, 3.8) is 0 Å². The predicted molar refractivity (Wildman–Crippen MR) is 94.8 cm³/mol. The Morgan fingerprint density at radius 2 is 1.69 bits per heavy atom. The summed E-state index contributed by atoms with van der Waals surface area (Å²) in [5.74, 6) is -3.09. The highest BCUT2D eigenvalue weighted by Crippen LogP contribution is 2.29. The molecule has 2 aromatic carbocycles. The first-order valence-corrected chi connectivity index (χ1v) is 8.30. The van der Waals surface area contributed by atoms with Gasteiger partial charge in [0, 0.05) is 5.56 Å². The molecule has 0 radical (unpaired) electrons. The van der Waals surface area contributed by atoms with Gasteiger partial charge in [-0.3, -0.25) is 14.4 Å². The van der Waals surface area contributed by atoms with Crippen molar-refractivity contribution in [3.05, 3.63) is 64.4 Å². The topological polar surface area (TPSA) is 84.5 Å². The predicted octanol–water partition coefficient (Wildman–Crippen LogP) is 3.41. The summed E-state index contributed by atoms with van der Waals surface area (Å²) in [6, 6.07) is 6.68. The van der Waals surface area contributed by atoms with Gasteiger partial charge in [-0.25, -0.2) is 4.39 Å². The molecule has 0 atom stereocenters. The van der Waals surface area contributed by atoms with E-state index in [9.17, 15) is 31.9 Å². The molecule has 29 heavy (non-hydrogen) atoms. The van der Waals surface area contributed by atoms with Crippen molar-refractivity contribution in [1.82, 2.24) is 5.32 Å². The molecule has 0 heterocycles. The lowest BCUT2D eigenvalue weighted by molar-refractivity contribution is -0.146. The number of alkyl halides is 3. The second-order valence-electron chi connectivity index (χ2n) is 5.59. The smallest absolute Gasteiger partial charge is 0.416 e. The maximum Gasteiger partial charge on any atom is 0.416 e. The zero-order valence-electron chi connectivity index (χ0n) is 14.5. The molecular weight excluding hydrogens is 420 g/mol. The molecule has 6 nitrogen and oxygen atoms in total. The highest BCUT2D eigenvalue weighted by Gasteiger charge is 2.30. The fourth-order valence-corrected chi connectivity index (χ4v) is 2.25. The monoisotopic (exact) mass is 432 g/mol. The van der Waals surface area contributed by atoms with Crippen LogP contribution in [-0.2, 0) is 20.5 Å². The number of hydrogen-bond acceptors (Lipinski definition) is 4. The largest absolute Gasteiger partial charge is 0.454 e. The number of ether oxygens (including phenoxy) is 1. The van der Waals surface area contributed by atoms with Gasteiger partial charge in [0.05, 0.1) is 16.3 Å². The van der Waals surface area contributed by atoms with Crippen molar-refractivity contribution in [2.45, 2.75) is 6.18 Å². The van der Waals surface area contributed by atoms with E-state index in [1.807, 2.05) is 0 Å². The molecule has 154 valence electrons. The van der Waals surface area contributed by atoms with Crippen molar-refractivity contribution >= 4 is 35.1 Å². The minimum Gasteiger partial charge on any atom is -0.454 e. The number of amides is 2. The van der Waals surface area contributed by atoms with E-state index in [2.05, 4.69) is 15.4 Å². The zero-order valence-corrected chi connectivity index (χ0v) is 15.2. The standard InChI is InChI=1S/C18H13ClF4N2O4/c19-13-7-12(20)5-6-14(13)25-15(26)9-29-16(27)8-24-17(28)10-1-3-11(4-2-10)18(21,22)23/h1-7H,8-9H2,(H,24,28)(H,25,26). The Morgan fingerprint density at radius 1 is 1.03 bits per heavy atom. The van der Waals surface area contributed by atoms with Crippen LogP contribution >= 0.6 is 11.6 Å². The Balaban J connectivity index is 1.77. The Kier molecular flexibility index (Phi) is 7.16. The summed E-state index contributed by atoms with van der Waals surface area (Å²) in [6.07, 6.45) is -4.53. The van der Waals surface area contributed by atoms with Crippen LogP contribution in [0, 0.1) is 5.82 Å². The van der Waals surface area contributed by atoms with Crippen LogP contribution in [-0.4, -0.2) is 30.9 Å². The molecule has 11 heteroatoms. The van der Waals surface area contributed by atoms with E-state index in [1.165, 1.54) is 6.07 Å². The van der Waals surface area contributed by atoms with Gasteiger partial charge in [0.1, 0.15) is 12.4 Å². The van der Waals surface area contributed by atoms with E-state index < -0.39 is 48.5 Å². The van der Waals surface area contributed by atoms with Crippen LogP contribution in [0.15, 0.2) is 42.5 Å². The number of benzene rings is 2. The van der Waals surface area contributed by atoms with Crippen molar-refractivity contribution in [3.8, 4) is 0 Å². The molecule has 0 aliphatic carbocycles. The van der Waals surface area contributed by atoms with Gasteiger partial charge in [0.2, 0.25) is 0 Å². The third-order valence-corrected chi connectivity index (χ3v) is 3.75. The SMILES string of the molecule is O=C(COC(=O)CNC(=O)c1ccc(C(F)(F)F)cc1)Nc1ccc(F)cc1Cl. The molecule has 2 rings (SSSR count). The van der Waals surface area contributed by atoms with Crippen molar-refractivity contribution in [2.75, 3.05) is 18.5 Å². The average Bonchev–Trinajstić information content (AvgIpc) is 2.66. The number of nitrogens with one attached hydrogen (secondary N) is 2. The number of halogens is 5. The molecule has 0 unspecified atom stereocenters. The molecule has 2 aromatic rings. The molecule has 0 bridgehead atoms. The van der Waals surface area contributed by atoms with Gasteiger partial charge in [0.15, 0.2) is 6.61 Å². The number of anilines is 1. The lowest BCUT2D eigenvalue weighted by Gasteiger charge is -2.09. The number of carbonyl (C=O) groups excluding carboxylic acids is 3. The van der Waals surface area contributed by atoms with E-state index in [0.717, 1.165) is 36.4 Å². The van der Waals surface area contributed by atoms with Crippen LogP contribution in [0.3, 0.4) is 0 Å². The highest BCUT2D eigenvalue weighted by atomic mass is 35.5. The second-order valence-corrected chi connectivity index (χ2v) is 6.00. The van der Waals surface area contributed by atoms with Gasteiger partial charge in [-0.15, -0.1) is 0 Å². The molecule has 2 amide bonds. The van der Waals surface area contributed by atoms with Crippen LogP contribution < -0.4 is 10.6 Å². The highest BCUT2D eigenvalue weighted by molar-refractivity contribution is 6.33. The Morgan fingerprint density at radius 3 is 2.28 bits per heavy atom. The first-order chi connectivity index (χ1) is 13.6. The van der Waals surface area contributed by atoms with Gasteiger partial charge in [-0.2, -0.15) is 13.2 Å². The van der Waals surface area contributed by atoms with Crippen LogP contribution in [0.4, 0.5) is 23.2 Å². The summed E-state index contributed by atoms with van der Waals surface area (Å²) in [5, 5.41) is 4.42. The van der Waals surface area contributed by atoms with Gasteiger partial charge >= 0.3 is 12.1 Å². The quantitative estimate of drug-likeness (QED) is 0.541. The maximum absolute atomic E-state index is 12.9. The summed E-state index contributed by atoms with van der Waals surface area (Å²) in [4.78, 5) is 35.1. The van der Waals surface area contributed by atoms with Crippen molar-refractivity contribution in [2.24, 2.45) is 0 Å². The Hall–Kier alpha value is -3.14. The van der Waals surface area contributed by atoms with Crippen LogP contribution in [0.25, 0.3) is 0 Å². The lowest BCUT2D eigenvalue weighted by atomic mass is 10.1. The number of rotatable bonds is 6. The second kappa shape index (κ2) is 9.37. The van der Waals surface area contributed by atoms with E-state index in [0.29, 0.717) is 0 Å². The lowest BCUT2D eigenvalue weighted by Crippen LogP contribution is -2.32. The fourth-order valence-electron chi connectivity index (χ4n) is 2.04. The average molecular weight is 433 g/mol. The molecule has 0 fully saturated rings. The first kappa shape index (κ1) is 22.2. The molecule has 2 N–H and O–H groups in total. The molecule has 0 spiro atoms. The van der Waals surface area contributed by atoms with Crippen molar-refractivity contribution < 1.29 is 36.7 Å². The fraction of sp³-hybridized carbons (Fsp3) is 0.167. The van der Waals surface area contributed by atoms with E-state index in [-0.39, 0.29) is 16.3 Å². The van der Waals surface area contributed by atoms with E-state index in [1.54, 1.807) is 0 Å². The molecule has 0 saturated heterocycles. The Bertz CT molecular complexity index is 917. The van der Waals surface area contributed by atoms with Crippen LogP contribution in [0.1, 0.15) is 15.9 Å². The number of hydrogen-bond donors (Lipinski definition) is 2. The summed E-state index contributed by atoms with van der Waals surface area (Å²) < 4.78 is 55.0. The van der Waals surface area contributed by atoms with Crippen LogP contribution in [0.5, 0.6) is 0 Å². The van der Waals surface area contributed by atoms with Crippen LogP contribution in [0.2, 0.25) is 5.02 Å². The third-order valence-electron chi connectivity index (χ3n) is 3.44. The van der Waals surface area contributed by atoms with E-state index >= 15 is 0 Å². The first-order valence-electron chi connectivity index (χ1n) is 7.92. The normalized spacial score (nSPS) is 10.9. The third kappa shape index (κ3) is 6.75. The number of carbonyl (C=O) groups is 3. The minimum absolute atomic E-state index is 0.0477. The summed E-state index contributed by atoms with van der Waals surface area (Å²) in [6.45, 7) is -1.30.